The number of anilines is 1. The van der Waals surface area contributed by atoms with Crippen molar-refractivity contribution < 1.29 is 30.7 Å². The summed E-state index contributed by atoms with van der Waals surface area (Å²) in [7, 11) is -3.16. The maximum absolute atomic E-state index is 13.4. The fourth-order valence-electron chi connectivity index (χ4n) is 4.03. The highest BCUT2D eigenvalue weighted by atomic mass is 79.9. The van der Waals surface area contributed by atoms with Gasteiger partial charge in [0, 0.05) is 22.8 Å². The van der Waals surface area contributed by atoms with Gasteiger partial charge in [0.1, 0.15) is 11.6 Å². The lowest BCUT2D eigenvalue weighted by Crippen LogP contribution is -2.52. The zero-order valence-electron chi connectivity index (χ0n) is 17.9. The average Bonchev–Trinajstić information content (AvgIpc) is 2.97. The van der Waals surface area contributed by atoms with Crippen LogP contribution >= 0.6 is 15.9 Å². The van der Waals surface area contributed by atoms with E-state index in [2.05, 4.69) is 26.0 Å². The fraction of sp³-hybridized carbons (Fsp3) is 0.455. The molecule has 0 atom stereocenters. The lowest BCUT2D eigenvalue weighted by molar-refractivity contribution is -0.138. The summed E-state index contributed by atoms with van der Waals surface area (Å²) >= 11 is 2.99. The number of sulfonamides is 1. The summed E-state index contributed by atoms with van der Waals surface area (Å²) in [6.07, 6.45) is -0.0946. The summed E-state index contributed by atoms with van der Waals surface area (Å²) in [5.41, 5.74) is -1.30. The summed E-state index contributed by atoms with van der Waals surface area (Å²) in [5.74, 6) is -0.961. The topological polar surface area (TPSA) is 67.4 Å². The molecule has 0 saturated heterocycles. The van der Waals surface area contributed by atoms with Crippen molar-refractivity contribution in [2.45, 2.75) is 55.1 Å². The molecule has 1 fully saturated rings. The van der Waals surface area contributed by atoms with Crippen LogP contribution in [0.1, 0.15) is 44.1 Å². The first-order valence-corrected chi connectivity index (χ1v) is 12.7. The van der Waals surface area contributed by atoms with Crippen molar-refractivity contribution >= 4 is 31.6 Å². The van der Waals surface area contributed by atoms with Crippen molar-refractivity contribution in [1.82, 2.24) is 4.72 Å². The second kappa shape index (κ2) is 10.2. The highest BCUT2D eigenvalue weighted by molar-refractivity contribution is 9.10. The Morgan fingerprint density at radius 3 is 2.21 bits per heavy atom. The molecule has 0 aromatic heterocycles. The maximum atomic E-state index is 13.4. The van der Waals surface area contributed by atoms with E-state index in [0.717, 1.165) is 38.9 Å². The van der Waals surface area contributed by atoms with E-state index in [9.17, 15) is 26.0 Å². The Hall–Kier alpha value is -1.85. The molecular weight excluding hydrogens is 528 g/mol. The molecule has 0 heterocycles. The van der Waals surface area contributed by atoms with Crippen molar-refractivity contribution in [2.24, 2.45) is 0 Å². The first kappa shape index (κ1) is 25.8. The number of benzene rings is 2. The summed E-state index contributed by atoms with van der Waals surface area (Å²) < 4.78 is 87.3. The number of hydrogen-bond acceptors (Lipinski definition) is 4. The monoisotopic (exact) mass is 552 g/mol. The van der Waals surface area contributed by atoms with Crippen LogP contribution in [0, 0.1) is 5.82 Å². The van der Waals surface area contributed by atoms with E-state index in [1.807, 2.05) is 0 Å². The molecule has 0 radical (unpaired) electrons. The molecule has 11 heteroatoms. The largest absolute Gasteiger partial charge is 0.496 e. The second-order valence-electron chi connectivity index (χ2n) is 8.14. The van der Waals surface area contributed by atoms with Crippen LogP contribution in [0.5, 0.6) is 5.75 Å². The van der Waals surface area contributed by atoms with Crippen molar-refractivity contribution in [2.75, 3.05) is 19.0 Å². The zero-order chi connectivity index (χ0) is 24.3. The Balaban J connectivity index is 1.93. The molecular formula is C22H25BrF4N2O3S. The summed E-state index contributed by atoms with van der Waals surface area (Å²) in [6.45, 7) is 0.243. The summed E-state index contributed by atoms with van der Waals surface area (Å²) in [5, 5.41) is 3.17. The van der Waals surface area contributed by atoms with E-state index in [1.54, 1.807) is 12.1 Å². The molecule has 182 valence electrons. The Labute approximate surface area is 199 Å². The molecule has 1 aliphatic rings. The predicted octanol–water partition coefficient (Wildman–Crippen LogP) is 6.10. The number of alkyl halides is 3. The van der Waals surface area contributed by atoms with E-state index in [-0.39, 0.29) is 21.7 Å². The summed E-state index contributed by atoms with van der Waals surface area (Å²) in [6, 6.07) is 7.32. The first-order valence-electron chi connectivity index (χ1n) is 10.4. The van der Waals surface area contributed by atoms with Crippen LogP contribution in [0.15, 0.2) is 45.8 Å². The number of hydrogen-bond donors (Lipinski definition) is 2. The van der Waals surface area contributed by atoms with E-state index in [1.165, 1.54) is 12.1 Å². The van der Waals surface area contributed by atoms with Crippen LogP contribution in [-0.4, -0.2) is 27.6 Å². The van der Waals surface area contributed by atoms with Crippen LogP contribution in [0.4, 0.5) is 23.2 Å². The van der Waals surface area contributed by atoms with Crippen LogP contribution in [0.2, 0.25) is 0 Å². The normalized spacial score (nSPS) is 16.8. The van der Waals surface area contributed by atoms with Gasteiger partial charge in [0.2, 0.25) is 10.0 Å². The third kappa shape index (κ3) is 6.39. The number of halogens is 5. The van der Waals surface area contributed by atoms with E-state index < -0.39 is 33.1 Å². The van der Waals surface area contributed by atoms with Gasteiger partial charge < -0.3 is 10.1 Å². The highest BCUT2D eigenvalue weighted by Gasteiger charge is 2.39. The number of ether oxygens (including phenoxy) is 1. The molecule has 1 aliphatic carbocycles. The lowest BCUT2D eigenvalue weighted by Gasteiger charge is -2.34. The van der Waals surface area contributed by atoms with E-state index in [4.69, 9.17) is 4.74 Å². The average molecular weight is 553 g/mol. The quantitative estimate of drug-likeness (QED) is 0.321. The molecule has 0 unspecified atom stereocenters. The van der Waals surface area contributed by atoms with Gasteiger partial charge in [0.05, 0.1) is 23.1 Å². The van der Waals surface area contributed by atoms with Crippen LogP contribution < -0.4 is 14.8 Å². The van der Waals surface area contributed by atoms with Gasteiger partial charge in [-0.05, 0) is 59.1 Å². The smallest absolute Gasteiger partial charge is 0.420 e. The third-order valence-corrected chi connectivity index (χ3v) is 8.27. The molecule has 0 spiro atoms. The number of nitrogens with one attached hydrogen (secondary N) is 2. The molecule has 0 aliphatic heterocycles. The molecule has 2 aromatic carbocycles. The molecule has 2 N–H and O–H groups in total. The Kier molecular flexibility index (Phi) is 7.95. The zero-order valence-corrected chi connectivity index (χ0v) is 20.3. The van der Waals surface area contributed by atoms with Crippen LogP contribution in [-0.2, 0) is 16.2 Å². The highest BCUT2D eigenvalue weighted by Crippen LogP contribution is 2.41. The van der Waals surface area contributed by atoms with Crippen molar-refractivity contribution in [3.05, 3.63) is 52.3 Å². The van der Waals surface area contributed by atoms with Crippen LogP contribution in [0.25, 0.3) is 0 Å². The molecule has 5 nitrogen and oxygen atoms in total. The first-order chi connectivity index (χ1) is 15.5. The fourth-order valence-corrected chi connectivity index (χ4v) is 6.55. The van der Waals surface area contributed by atoms with Crippen molar-refractivity contribution in [3.8, 4) is 5.75 Å². The standard InChI is InChI=1S/C22H25BrF4N2O3S/c1-32-19-13-20(18(23)12-17(19)22(25,26)27)33(30,31)29-21(10-4-2-3-5-11-21)14-28-16-8-6-15(24)7-9-16/h6-9,12-13,28-29H,2-5,10-11,14H2,1H3. The van der Waals surface area contributed by atoms with E-state index in [0.29, 0.717) is 24.6 Å². The second-order valence-corrected chi connectivity index (χ2v) is 10.6. The van der Waals surface area contributed by atoms with Gasteiger partial charge in [-0.1, -0.05) is 25.7 Å². The summed E-state index contributed by atoms with van der Waals surface area (Å²) in [4.78, 5) is -0.335. The minimum atomic E-state index is -4.70. The minimum absolute atomic E-state index is 0.210. The van der Waals surface area contributed by atoms with Crippen LogP contribution in [0.3, 0.4) is 0 Å². The number of methoxy groups -OCH3 is 1. The maximum Gasteiger partial charge on any atom is 0.420 e. The third-order valence-electron chi connectivity index (χ3n) is 5.74. The van der Waals surface area contributed by atoms with Gasteiger partial charge >= 0.3 is 6.18 Å². The lowest BCUT2D eigenvalue weighted by atomic mass is 9.91. The van der Waals surface area contributed by atoms with Gasteiger partial charge in [-0.2, -0.15) is 13.2 Å². The molecule has 33 heavy (non-hydrogen) atoms. The SMILES string of the molecule is COc1cc(S(=O)(=O)NC2(CNc3ccc(F)cc3)CCCCCC2)c(Br)cc1C(F)(F)F. The molecule has 1 saturated carbocycles. The van der Waals surface area contributed by atoms with Gasteiger partial charge in [-0.3, -0.25) is 0 Å². The molecule has 0 amide bonds. The van der Waals surface area contributed by atoms with Gasteiger partial charge in [0.25, 0.3) is 0 Å². The van der Waals surface area contributed by atoms with Crippen molar-refractivity contribution in [3.63, 3.8) is 0 Å². The van der Waals surface area contributed by atoms with Gasteiger partial charge in [-0.25, -0.2) is 17.5 Å². The number of rotatable bonds is 7. The minimum Gasteiger partial charge on any atom is -0.496 e. The molecule has 3 rings (SSSR count). The van der Waals surface area contributed by atoms with Gasteiger partial charge in [-0.15, -0.1) is 0 Å². The Bertz CT molecular complexity index is 1070. The molecule has 2 aromatic rings. The van der Waals surface area contributed by atoms with Crippen molar-refractivity contribution in [1.29, 1.82) is 0 Å². The Morgan fingerprint density at radius 1 is 1.06 bits per heavy atom. The van der Waals surface area contributed by atoms with E-state index >= 15 is 0 Å². The predicted molar refractivity (Wildman–Crippen MR) is 121 cm³/mol. The van der Waals surface area contributed by atoms with Gasteiger partial charge in [0.15, 0.2) is 0 Å². The Morgan fingerprint density at radius 2 is 1.67 bits per heavy atom. The molecule has 0 bridgehead atoms.